The molecule has 0 rings (SSSR count). The number of aliphatic hydroxyl groups is 1. The number of rotatable bonds is 73. The first-order valence-corrected chi connectivity index (χ1v) is 42.1. The number of esters is 4. The SMILES string of the molecule is CC/C=C\C/C=C\C/C=C\C/C=C\C/C=C\CCCC(=O)OCC(COP(=O)(O)OCC(O)COP(=O)(O)OCC(COC(=O)CCCCCCC/C=C\CCCCCCCC)OC(=O)CCCCCCC/C=C\C/C=C\CCC)OC(=O)CCCCCCC/C=C\CCCCCCCC. The van der Waals surface area contributed by atoms with Gasteiger partial charge in [0.15, 0.2) is 12.2 Å². The average Bonchev–Trinajstić information content (AvgIpc) is 1.06. The third-order valence-corrected chi connectivity index (χ3v) is 18.1. The Morgan fingerprint density at radius 2 is 0.550 bits per heavy atom. The lowest BCUT2D eigenvalue weighted by Gasteiger charge is -2.21. The predicted molar refractivity (Wildman–Crippen MR) is 408 cm³/mol. The fourth-order valence-corrected chi connectivity index (χ4v) is 11.8. The molecule has 0 spiro atoms. The van der Waals surface area contributed by atoms with Crippen molar-refractivity contribution in [2.75, 3.05) is 39.6 Å². The molecule has 17 nitrogen and oxygen atoms in total. The second-order valence-corrected chi connectivity index (χ2v) is 28.8. The maximum atomic E-state index is 13.1. The molecule has 19 heteroatoms. The van der Waals surface area contributed by atoms with Gasteiger partial charge >= 0.3 is 39.5 Å². The molecule has 0 fully saturated rings. The molecule has 0 saturated heterocycles. The van der Waals surface area contributed by atoms with Crippen molar-refractivity contribution in [1.82, 2.24) is 0 Å². The van der Waals surface area contributed by atoms with Gasteiger partial charge in [0.25, 0.3) is 0 Å². The number of aliphatic hydroxyl groups excluding tert-OH is 1. The molecule has 0 aromatic rings. The largest absolute Gasteiger partial charge is 0.472 e. The lowest BCUT2D eigenvalue weighted by molar-refractivity contribution is -0.161. The highest BCUT2D eigenvalue weighted by Crippen LogP contribution is 2.45. The minimum Gasteiger partial charge on any atom is -0.462 e. The monoisotopic (exact) mass is 1450 g/mol. The van der Waals surface area contributed by atoms with Crippen molar-refractivity contribution in [3.05, 3.63) is 109 Å². The standard InChI is InChI=1S/C81H140O17P2/c1-5-9-13-17-21-25-29-33-36-37-40-43-46-50-54-58-62-66-79(84)92-72-77(98-81(86)68-64-60-56-52-48-44-39-35-31-27-23-19-15-11-7-3)74-96-100(89,90)94-70-75(82)69-93-99(87,88)95-73-76(97-80(85)67-63-59-55-51-47-41-32-28-24-20-16-12-8-4)71-91-78(83)65-61-57-53-49-45-42-38-34-30-26-22-18-14-10-6-2/h9,13,16,20-21,25,28,32-36,38-40,43,50,54,75-77,82H,5-8,10-12,14-15,17-19,22-24,26-27,29-31,37,41-42,44-49,51-53,55-74H2,1-4H3,(H,87,88)(H,89,90)/b13-9-,20-16-,25-21-,32-28-,36-33-,38-34-,39-35-,43-40-,54-50-. The van der Waals surface area contributed by atoms with Gasteiger partial charge < -0.3 is 33.8 Å². The minimum atomic E-state index is -4.99. The first-order valence-electron chi connectivity index (χ1n) is 39.1. The molecule has 0 aliphatic rings. The Balaban J connectivity index is 5.41. The summed E-state index contributed by atoms with van der Waals surface area (Å²) in [5.41, 5.74) is 0. The van der Waals surface area contributed by atoms with Gasteiger partial charge in [-0.3, -0.25) is 37.3 Å². The molecular weight excluding hydrogens is 1310 g/mol. The highest BCUT2D eigenvalue weighted by Gasteiger charge is 2.30. The molecule has 5 unspecified atom stereocenters. The molecule has 0 aliphatic carbocycles. The summed E-state index contributed by atoms with van der Waals surface area (Å²) in [5.74, 6) is -2.27. The number of ether oxygens (including phenoxy) is 4. The van der Waals surface area contributed by atoms with E-state index in [0.717, 1.165) is 161 Å². The molecule has 0 aromatic heterocycles. The predicted octanol–water partition coefficient (Wildman–Crippen LogP) is 22.6. The fourth-order valence-electron chi connectivity index (χ4n) is 10.2. The van der Waals surface area contributed by atoms with Crippen LogP contribution >= 0.6 is 15.6 Å². The molecule has 0 heterocycles. The van der Waals surface area contributed by atoms with Crippen LogP contribution < -0.4 is 0 Å². The maximum Gasteiger partial charge on any atom is 0.472 e. The van der Waals surface area contributed by atoms with Gasteiger partial charge in [-0.05, 0) is 141 Å². The van der Waals surface area contributed by atoms with Crippen LogP contribution in [0.5, 0.6) is 0 Å². The fraction of sp³-hybridized carbons (Fsp3) is 0.728. The van der Waals surface area contributed by atoms with Crippen LogP contribution in [0.3, 0.4) is 0 Å². The van der Waals surface area contributed by atoms with Crippen LogP contribution in [-0.4, -0.2) is 96.7 Å². The first kappa shape index (κ1) is 95.7. The highest BCUT2D eigenvalue weighted by atomic mass is 31.2. The zero-order valence-electron chi connectivity index (χ0n) is 62.8. The number of carbonyl (C=O) groups is 4. The van der Waals surface area contributed by atoms with E-state index in [1.807, 2.05) is 12.2 Å². The van der Waals surface area contributed by atoms with E-state index < -0.39 is 97.5 Å². The Hall–Kier alpha value is -4.28. The topological polar surface area (TPSA) is 237 Å². The van der Waals surface area contributed by atoms with E-state index in [1.165, 1.54) is 77.0 Å². The van der Waals surface area contributed by atoms with Crippen LogP contribution in [0.1, 0.15) is 323 Å². The molecule has 5 atom stereocenters. The van der Waals surface area contributed by atoms with Gasteiger partial charge in [-0.2, -0.15) is 0 Å². The summed E-state index contributed by atoms with van der Waals surface area (Å²) in [6.45, 7) is 4.61. The van der Waals surface area contributed by atoms with E-state index in [-0.39, 0.29) is 25.7 Å². The number of hydrogen-bond acceptors (Lipinski definition) is 15. The number of phosphoric ester groups is 2. The highest BCUT2D eigenvalue weighted by molar-refractivity contribution is 7.47. The molecule has 0 aromatic carbocycles. The number of unbranched alkanes of at least 4 members (excludes halogenated alkanes) is 29. The summed E-state index contributed by atoms with van der Waals surface area (Å²) in [7, 11) is -9.97. The summed E-state index contributed by atoms with van der Waals surface area (Å²) >= 11 is 0. The molecule has 3 N–H and O–H groups in total. The van der Waals surface area contributed by atoms with E-state index in [2.05, 4.69) is 125 Å². The van der Waals surface area contributed by atoms with Crippen LogP contribution in [-0.2, 0) is 65.4 Å². The van der Waals surface area contributed by atoms with Gasteiger partial charge in [-0.1, -0.05) is 265 Å². The smallest absolute Gasteiger partial charge is 0.462 e. The van der Waals surface area contributed by atoms with E-state index >= 15 is 0 Å². The Morgan fingerprint density at radius 3 is 0.890 bits per heavy atom. The lowest BCUT2D eigenvalue weighted by Crippen LogP contribution is -2.30. The van der Waals surface area contributed by atoms with E-state index in [9.17, 15) is 43.2 Å². The van der Waals surface area contributed by atoms with Crippen molar-refractivity contribution in [3.63, 3.8) is 0 Å². The third kappa shape index (κ3) is 72.1. The molecular formula is C81H140O17P2. The lowest BCUT2D eigenvalue weighted by atomic mass is 10.1. The van der Waals surface area contributed by atoms with Crippen LogP contribution in [0.4, 0.5) is 0 Å². The van der Waals surface area contributed by atoms with Crippen molar-refractivity contribution < 1.29 is 80.2 Å². The van der Waals surface area contributed by atoms with Crippen LogP contribution in [0.25, 0.3) is 0 Å². The van der Waals surface area contributed by atoms with Gasteiger partial charge in [-0.15, -0.1) is 0 Å². The molecule has 0 aliphatic heterocycles. The molecule has 0 bridgehead atoms. The third-order valence-electron chi connectivity index (χ3n) is 16.2. The van der Waals surface area contributed by atoms with Crippen molar-refractivity contribution in [3.8, 4) is 0 Å². The number of phosphoric acid groups is 2. The molecule has 576 valence electrons. The van der Waals surface area contributed by atoms with Crippen molar-refractivity contribution in [2.24, 2.45) is 0 Å². The summed E-state index contributed by atoms with van der Waals surface area (Å²) < 4.78 is 68.5. The van der Waals surface area contributed by atoms with Gasteiger partial charge in [0.1, 0.15) is 19.3 Å². The summed E-state index contributed by atoms with van der Waals surface area (Å²) in [6, 6.07) is 0. The van der Waals surface area contributed by atoms with Gasteiger partial charge in [0.2, 0.25) is 0 Å². The van der Waals surface area contributed by atoms with E-state index in [1.54, 1.807) is 0 Å². The van der Waals surface area contributed by atoms with Crippen LogP contribution in [0, 0.1) is 0 Å². The molecule has 100 heavy (non-hydrogen) atoms. The molecule has 0 radical (unpaired) electrons. The Bertz CT molecular complexity index is 2320. The van der Waals surface area contributed by atoms with E-state index in [0.29, 0.717) is 32.1 Å². The summed E-state index contributed by atoms with van der Waals surface area (Å²) in [6.07, 6.45) is 77.9. The zero-order valence-corrected chi connectivity index (χ0v) is 64.6. The van der Waals surface area contributed by atoms with E-state index in [4.69, 9.17) is 37.0 Å². The van der Waals surface area contributed by atoms with Crippen molar-refractivity contribution in [1.29, 1.82) is 0 Å². The molecule has 0 saturated carbocycles. The Morgan fingerprint density at radius 1 is 0.290 bits per heavy atom. The maximum absolute atomic E-state index is 13.1. The normalized spacial score (nSPS) is 14.5. The summed E-state index contributed by atoms with van der Waals surface area (Å²) in [5, 5.41) is 10.6. The van der Waals surface area contributed by atoms with Gasteiger partial charge in [0, 0.05) is 25.7 Å². The van der Waals surface area contributed by atoms with Gasteiger partial charge in [-0.25, -0.2) is 9.13 Å². The number of allylic oxidation sites excluding steroid dienone is 18. The molecule has 0 amide bonds. The zero-order chi connectivity index (χ0) is 73.2. The second kappa shape index (κ2) is 73.0. The van der Waals surface area contributed by atoms with Crippen LogP contribution in [0.15, 0.2) is 109 Å². The quantitative estimate of drug-likeness (QED) is 0.0169. The Labute approximate surface area is 607 Å². The van der Waals surface area contributed by atoms with Crippen molar-refractivity contribution >= 4 is 39.5 Å². The summed E-state index contributed by atoms with van der Waals surface area (Å²) in [4.78, 5) is 72.9. The first-order chi connectivity index (χ1) is 48.7. The Kier molecular flexibility index (Phi) is 69.9. The number of hydrogen-bond donors (Lipinski definition) is 3. The van der Waals surface area contributed by atoms with Crippen LogP contribution in [0.2, 0.25) is 0 Å². The van der Waals surface area contributed by atoms with Crippen molar-refractivity contribution in [2.45, 2.75) is 341 Å². The number of carbonyl (C=O) groups excluding carboxylic acids is 4. The second-order valence-electron chi connectivity index (χ2n) is 25.9. The average molecular weight is 1450 g/mol. The van der Waals surface area contributed by atoms with Gasteiger partial charge in [0.05, 0.1) is 26.4 Å². The minimum absolute atomic E-state index is 0.0717.